The van der Waals surface area contributed by atoms with Crippen molar-refractivity contribution >= 4 is 28.5 Å². The summed E-state index contributed by atoms with van der Waals surface area (Å²) in [6.07, 6.45) is 4.02. The molecule has 0 radical (unpaired) electrons. The fourth-order valence-electron chi connectivity index (χ4n) is 5.97. The van der Waals surface area contributed by atoms with Crippen LogP contribution in [0.4, 0.5) is 5.69 Å². The van der Waals surface area contributed by atoms with E-state index < -0.39 is 5.97 Å². The van der Waals surface area contributed by atoms with Crippen molar-refractivity contribution in [2.45, 2.75) is 52.5 Å². The average molecular weight is 428 g/mol. The summed E-state index contributed by atoms with van der Waals surface area (Å²) in [4.78, 5) is 30.7. The largest absolute Gasteiger partial charge is 0.497 e. The molecule has 2 N–H and O–H groups in total. The van der Waals surface area contributed by atoms with E-state index in [1.165, 1.54) is 26.4 Å². The Morgan fingerprint density at radius 3 is 2.71 bits per heavy atom. The molecule has 1 saturated carbocycles. The number of hydrogen-bond donors (Lipinski definition) is 2. The van der Waals surface area contributed by atoms with Crippen LogP contribution in [0.5, 0.6) is 5.75 Å². The number of fused-ring (bicyclic) bond motifs is 3. The fraction of sp³-hybridized carbons (Fsp3) is 0.583. The highest BCUT2D eigenvalue weighted by Gasteiger charge is 2.49. The average Bonchev–Trinajstić information content (AvgIpc) is 3.18. The molecule has 7 heteroatoms. The lowest BCUT2D eigenvalue weighted by Gasteiger charge is -2.39. The zero-order valence-electron chi connectivity index (χ0n) is 19.1. The smallest absolute Gasteiger partial charge is 0.356 e. The zero-order valence-corrected chi connectivity index (χ0v) is 19.1. The van der Waals surface area contributed by atoms with Crippen LogP contribution in [0.25, 0.3) is 10.9 Å². The van der Waals surface area contributed by atoms with Gasteiger partial charge in [-0.2, -0.15) is 0 Å². The second kappa shape index (κ2) is 7.86. The van der Waals surface area contributed by atoms with E-state index in [-0.39, 0.29) is 11.6 Å². The molecule has 1 aliphatic heterocycles. The number of anilines is 1. The number of ether oxygens (including phenoxy) is 2. The number of esters is 1. The molecule has 0 spiro atoms. The molecule has 2 aliphatic rings. The summed E-state index contributed by atoms with van der Waals surface area (Å²) in [6, 6.07) is 5.98. The highest BCUT2D eigenvalue weighted by molar-refractivity contribution is 6.11. The molecule has 1 aromatic carbocycles. The molecule has 1 aliphatic carbocycles. The first-order chi connectivity index (χ1) is 14.6. The van der Waals surface area contributed by atoms with Gasteiger partial charge in [-0.3, -0.25) is 9.69 Å². The number of aromatic amines is 1. The fourth-order valence-corrected chi connectivity index (χ4v) is 5.97. The lowest BCUT2D eigenvalue weighted by Crippen LogP contribution is -2.35. The highest BCUT2D eigenvalue weighted by atomic mass is 16.5. The standard InChI is InChI=1S/C24H33N3O4/c1-23(2)11-15-12-24(3,13-23)14-27(15)9-8-19(28)26-20-17-7-6-16(30-4)10-18(17)25-21(20)22(29)31-5/h6-7,10,15,25H,8-9,11-14H2,1-5H3,(H,26,28)/t15-,24+/m1/s1. The van der Waals surface area contributed by atoms with Crippen LogP contribution in [-0.4, -0.2) is 55.1 Å². The molecule has 31 heavy (non-hydrogen) atoms. The van der Waals surface area contributed by atoms with Crippen LogP contribution in [0.3, 0.4) is 0 Å². The Morgan fingerprint density at radius 2 is 2.00 bits per heavy atom. The van der Waals surface area contributed by atoms with Gasteiger partial charge < -0.3 is 19.8 Å². The molecule has 1 saturated heterocycles. The molecule has 168 valence electrons. The minimum absolute atomic E-state index is 0.104. The molecule has 2 aromatic rings. The molecule has 2 fully saturated rings. The topological polar surface area (TPSA) is 83.7 Å². The maximum Gasteiger partial charge on any atom is 0.356 e. The molecule has 2 bridgehead atoms. The Hall–Kier alpha value is -2.54. The number of likely N-dealkylation sites (tertiary alicyclic amines) is 1. The Labute approximate surface area is 183 Å². The SMILES string of the molecule is COC(=O)c1[nH]c2cc(OC)ccc2c1NC(=O)CCN1C[C@@]2(C)C[C@H]1CC(C)(C)C2. The third-order valence-corrected chi connectivity index (χ3v) is 6.81. The van der Waals surface area contributed by atoms with Crippen LogP contribution in [0.2, 0.25) is 0 Å². The van der Waals surface area contributed by atoms with Crippen molar-refractivity contribution in [2.24, 2.45) is 10.8 Å². The van der Waals surface area contributed by atoms with E-state index in [1.54, 1.807) is 19.2 Å². The summed E-state index contributed by atoms with van der Waals surface area (Å²) in [5, 5.41) is 3.71. The van der Waals surface area contributed by atoms with Gasteiger partial charge in [0.1, 0.15) is 11.4 Å². The number of methoxy groups -OCH3 is 2. The molecule has 2 heterocycles. The molecular weight excluding hydrogens is 394 g/mol. The number of amides is 1. The summed E-state index contributed by atoms with van der Waals surface area (Å²) < 4.78 is 10.2. The van der Waals surface area contributed by atoms with Crippen molar-refractivity contribution in [3.63, 3.8) is 0 Å². The van der Waals surface area contributed by atoms with Gasteiger partial charge in [0.05, 0.1) is 25.4 Å². The van der Waals surface area contributed by atoms with Gasteiger partial charge in [-0.1, -0.05) is 20.8 Å². The van der Waals surface area contributed by atoms with Gasteiger partial charge in [0, 0.05) is 37.0 Å². The van der Waals surface area contributed by atoms with Crippen LogP contribution < -0.4 is 10.1 Å². The summed E-state index contributed by atoms with van der Waals surface area (Å²) >= 11 is 0. The van der Waals surface area contributed by atoms with E-state index in [0.717, 1.165) is 18.5 Å². The van der Waals surface area contributed by atoms with Crippen molar-refractivity contribution < 1.29 is 19.1 Å². The van der Waals surface area contributed by atoms with E-state index >= 15 is 0 Å². The second-order valence-corrected chi connectivity index (χ2v) is 10.3. The molecule has 1 amide bonds. The third kappa shape index (κ3) is 4.28. The van der Waals surface area contributed by atoms with Gasteiger partial charge >= 0.3 is 5.97 Å². The van der Waals surface area contributed by atoms with Crippen molar-refractivity contribution in [1.29, 1.82) is 0 Å². The van der Waals surface area contributed by atoms with E-state index in [9.17, 15) is 9.59 Å². The lowest BCUT2D eigenvalue weighted by molar-refractivity contribution is -0.116. The first kappa shape index (κ1) is 21.7. The van der Waals surface area contributed by atoms with Gasteiger partial charge in [0.15, 0.2) is 0 Å². The number of H-pyrrole nitrogens is 1. The Balaban J connectivity index is 1.48. The molecule has 2 atom stereocenters. The minimum Gasteiger partial charge on any atom is -0.497 e. The molecular formula is C24H33N3O4. The maximum atomic E-state index is 12.9. The molecule has 1 aromatic heterocycles. The maximum absolute atomic E-state index is 12.9. The first-order valence-electron chi connectivity index (χ1n) is 10.9. The van der Waals surface area contributed by atoms with Crippen LogP contribution in [0, 0.1) is 10.8 Å². The number of carbonyl (C=O) groups is 2. The predicted molar refractivity (Wildman–Crippen MR) is 121 cm³/mol. The first-order valence-corrected chi connectivity index (χ1v) is 10.9. The summed E-state index contributed by atoms with van der Waals surface area (Å²) in [5.41, 5.74) is 2.11. The monoisotopic (exact) mass is 427 g/mol. The molecule has 7 nitrogen and oxygen atoms in total. The van der Waals surface area contributed by atoms with Crippen LogP contribution in [0.1, 0.15) is 56.9 Å². The van der Waals surface area contributed by atoms with E-state index in [4.69, 9.17) is 9.47 Å². The molecule has 4 rings (SSSR count). The van der Waals surface area contributed by atoms with E-state index in [0.29, 0.717) is 40.2 Å². The number of hydrogen-bond acceptors (Lipinski definition) is 5. The summed E-state index contributed by atoms with van der Waals surface area (Å²) in [5.74, 6) is 0.0429. The molecule has 0 unspecified atom stereocenters. The summed E-state index contributed by atoms with van der Waals surface area (Å²) in [6.45, 7) is 8.87. The number of nitrogens with zero attached hydrogens (tertiary/aromatic N) is 1. The Kier molecular flexibility index (Phi) is 5.50. The third-order valence-electron chi connectivity index (χ3n) is 6.81. The number of rotatable bonds is 6. The minimum atomic E-state index is -0.519. The van der Waals surface area contributed by atoms with Crippen LogP contribution >= 0.6 is 0 Å². The van der Waals surface area contributed by atoms with Gasteiger partial charge in [-0.05, 0) is 42.2 Å². The van der Waals surface area contributed by atoms with Crippen molar-refractivity contribution in [2.75, 3.05) is 32.6 Å². The second-order valence-electron chi connectivity index (χ2n) is 10.3. The number of nitrogens with one attached hydrogen (secondary N) is 2. The van der Waals surface area contributed by atoms with Crippen LogP contribution in [-0.2, 0) is 9.53 Å². The van der Waals surface area contributed by atoms with E-state index in [1.807, 2.05) is 6.07 Å². The quantitative estimate of drug-likeness (QED) is 0.676. The van der Waals surface area contributed by atoms with Gasteiger partial charge in [0.2, 0.25) is 5.91 Å². The van der Waals surface area contributed by atoms with Gasteiger partial charge in [-0.25, -0.2) is 4.79 Å². The predicted octanol–water partition coefficient (Wildman–Crippen LogP) is 4.19. The number of aromatic nitrogens is 1. The Morgan fingerprint density at radius 1 is 1.23 bits per heavy atom. The normalized spacial score (nSPS) is 24.9. The van der Waals surface area contributed by atoms with Gasteiger partial charge in [-0.15, -0.1) is 0 Å². The zero-order chi connectivity index (χ0) is 22.4. The van der Waals surface area contributed by atoms with Crippen molar-refractivity contribution in [3.05, 3.63) is 23.9 Å². The van der Waals surface area contributed by atoms with Crippen molar-refractivity contribution in [1.82, 2.24) is 9.88 Å². The van der Waals surface area contributed by atoms with E-state index in [2.05, 4.69) is 36.0 Å². The number of carbonyl (C=O) groups excluding carboxylic acids is 2. The van der Waals surface area contributed by atoms with Crippen LogP contribution in [0.15, 0.2) is 18.2 Å². The lowest BCUT2D eigenvalue weighted by atomic mass is 9.65. The van der Waals surface area contributed by atoms with Gasteiger partial charge in [0.25, 0.3) is 0 Å². The number of benzene rings is 1. The highest BCUT2D eigenvalue weighted by Crippen LogP contribution is 2.52. The summed E-state index contributed by atoms with van der Waals surface area (Å²) in [7, 11) is 2.91. The Bertz CT molecular complexity index is 1010. The van der Waals surface area contributed by atoms with Crippen molar-refractivity contribution in [3.8, 4) is 5.75 Å².